The molecule has 0 radical (unpaired) electrons. The molecule has 0 aromatic heterocycles. The van der Waals surface area contributed by atoms with E-state index in [4.69, 9.17) is 18.9 Å². The van der Waals surface area contributed by atoms with Crippen LogP contribution in [-0.4, -0.2) is 25.4 Å². The van der Waals surface area contributed by atoms with Crippen molar-refractivity contribution in [3.63, 3.8) is 0 Å². The van der Waals surface area contributed by atoms with Crippen LogP contribution in [0.15, 0.2) is 158 Å². The normalized spacial score (nSPS) is 13.2. The van der Waals surface area contributed by atoms with Crippen LogP contribution in [0.1, 0.15) is 82.5 Å². The second kappa shape index (κ2) is 15.2. The minimum atomic E-state index is -0.398. The van der Waals surface area contributed by atoms with Crippen LogP contribution in [-0.2, 0) is 22.7 Å². The van der Waals surface area contributed by atoms with Crippen molar-refractivity contribution in [1.82, 2.24) is 0 Å². The van der Waals surface area contributed by atoms with Gasteiger partial charge in [-0.3, -0.25) is 0 Å². The minimum absolute atomic E-state index is 0.155. The van der Waals surface area contributed by atoms with Gasteiger partial charge >= 0.3 is 11.9 Å². The first-order chi connectivity index (χ1) is 34.2. The van der Waals surface area contributed by atoms with Crippen LogP contribution in [0, 0.1) is 0 Å². The van der Waals surface area contributed by atoms with E-state index in [0.29, 0.717) is 22.6 Å². The largest absolute Gasteiger partial charge is 0.458 e. The van der Waals surface area contributed by atoms with Crippen molar-refractivity contribution in [2.75, 3.05) is 0 Å². The highest BCUT2D eigenvalue weighted by Crippen LogP contribution is 2.50. The molecule has 0 N–H and O–H groups in total. The standard InChI is InChI=1S/C62H44B2O6/c1-33(2)39-27-41-45-23-37(61(65)67-31-35-15-7-5-8-16-35)25-53-59(45)64(48-20-12-14-22-52(48)69-53)50-30-44-40(34(3)4)28-42-46-24-38(62(66)68-32-36-17-9-6-10-18-36)26-54-60(46)63(47-19-11-13-21-51(47)70-54)49-29-43(39)57(55(41)50)58(44)56(42)49/h5-30,33-34H,31-32H2,1-4H3. The van der Waals surface area contributed by atoms with E-state index in [9.17, 15) is 9.59 Å². The van der Waals surface area contributed by atoms with Crippen LogP contribution in [0.3, 0.4) is 0 Å². The van der Waals surface area contributed by atoms with Gasteiger partial charge in [-0.05, 0) is 159 Å². The first-order valence-electron chi connectivity index (χ1n) is 24.4. The number of esters is 2. The van der Waals surface area contributed by atoms with Crippen molar-refractivity contribution in [2.24, 2.45) is 0 Å². The van der Waals surface area contributed by atoms with Crippen molar-refractivity contribution in [2.45, 2.75) is 52.7 Å². The SMILES string of the molecule is CC(C)c1cc2c3c(cc4c(C(C)C)cc5c6c(cc1c3c46)B1c3ccccc3Oc3cc(C(=O)OCc4ccccc4)cc-5c31)B1c3ccccc3Oc3cc(C(=O)OCc4ccccc4)cc-2c31. The lowest BCUT2D eigenvalue weighted by atomic mass is 9.31. The molecule has 0 spiro atoms. The van der Waals surface area contributed by atoms with Gasteiger partial charge in [-0.25, -0.2) is 9.59 Å². The van der Waals surface area contributed by atoms with E-state index >= 15 is 0 Å². The third-order valence-electron chi connectivity index (χ3n) is 15.3. The fourth-order valence-corrected chi connectivity index (χ4v) is 12.3. The summed E-state index contributed by atoms with van der Waals surface area (Å²) in [6.45, 7) is 9.15. The van der Waals surface area contributed by atoms with Gasteiger partial charge in [0.1, 0.15) is 36.2 Å². The summed E-state index contributed by atoms with van der Waals surface area (Å²) in [5.74, 6) is 2.43. The van der Waals surface area contributed by atoms with Crippen molar-refractivity contribution in [3.8, 4) is 45.3 Å². The lowest BCUT2D eigenvalue weighted by Crippen LogP contribution is -2.58. The summed E-state index contributed by atoms with van der Waals surface area (Å²) in [4.78, 5) is 28.4. The zero-order valence-corrected chi connectivity index (χ0v) is 39.2. The molecular weight excluding hydrogens is 862 g/mol. The Bertz CT molecular complexity index is 3640. The Morgan fingerprint density at radius 1 is 0.429 bits per heavy atom. The van der Waals surface area contributed by atoms with Crippen molar-refractivity contribution in [1.29, 1.82) is 0 Å². The number of carbonyl (C=O) groups excluding carboxylic acids is 2. The molecule has 0 aliphatic carbocycles. The average molecular weight is 907 g/mol. The highest BCUT2D eigenvalue weighted by Gasteiger charge is 2.45. The first kappa shape index (κ1) is 40.9. The Balaban J connectivity index is 1.07. The fourth-order valence-electron chi connectivity index (χ4n) is 12.3. The highest BCUT2D eigenvalue weighted by atomic mass is 16.5. The Morgan fingerprint density at radius 3 is 1.24 bits per heavy atom. The third kappa shape index (κ3) is 5.89. The number of hydrogen-bond donors (Lipinski definition) is 0. The summed E-state index contributed by atoms with van der Waals surface area (Å²) in [6, 6.07) is 53.9. The summed E-state index contributed by atoms with van der Waals surface area (Å²) in [6.07, 6.45) is 0. The van der Waals surface area contributed by atoms with Crippen LogP contribution in [0.25, 0.3) is 54.6 Å². The van der Waals surface area contributed by atoms with Crippen molar-refractivity contribution >= 4 is 90.5 Å². The average Bonchev–Trinajstić information content (AvgIpc) is 3.39. The molecule has 0 fully saturated rings. The summed E-state index contributed by atoms with van der Waals surface area (Å²) in [5, 5.41) is 7.30. The van der Waals surface area contributed by atoms with Gasteiger partial charge in [0.2, 0.25) is 0 Å². The van der Waals surface area contributed by atoms with E-state index in [0.717, 1.165) is 66.7 Å². The lowest BCUT2D eigenvalue weighted by molar-refractivity contribution is 0.0464. The van der Waals surface area contributed by atoms with Crippen LogP contribution in [0.2, 0.25) is 0 Å². The van der Waals surface area contributed by atoms with Gasteiger partial charge in [0, 0.05) is 0 Å². The molecule has 70 heavy (non-hydrogen) atoms. The molecule has 6 nitrogen and oxygen atoms in total. The number of fused-ring (bicyclic) bond motifs is 8. The van der Waals surface area contributed by atoms with Crippen molar-refractivity contribution < 1.29 is 28.5 Å². The van der Waals surface area contributed by atoms with E-state index in [1.165, 1.54) is 54.4 Å². The number of rotatable bonds is 8. The molecule has 14 rings (SSSR count). The van der Waals surface area contributed by atoms with E-state index in [1.54, 1.807) is 0 Å². The molecule has 4 aliphatic heterocycles. The Labute approximate surface area is 406 Å². The van der Waals surface area contributed by atoms with Crippen LogP contribution >= 0.6 is 0 Å². The predicted molar refractivity (Wildman–Crippen MR) is 283 cm³/mol. The molecule has 0 unspecified atom stereocenters. The van der Waals surface area contributed by atoms with Crippen LogP contribution in [0.4, 0.5) is 0 Å². The maximum atomic E-state index is 14.2. The topological polar surface area (TPSA) is 71.1 Å². The highest BCUT2D eigenvalue weighted by molar-refractivity contribution is 7.01. The molecule has 0 saturated heterocycles. The van der Waals surface area contributed by atoms with Gasteiger partial charge in [-0.15, -0.1) is 0 Å². The Morgan fingerprint density at radius 2 is 0.829 bits per heavy atom. The second-order valence-electron chi connectivity index (χ2n) is 20.0. The Hall–Kier alpha value is -8.09. The zero-order chi connectivity index (χ0) is 47.1. The predicted octanol–water partition coefficient (Wildman–Crippen LogP) is 10.7. The van der Waals surface area contributed by atoms with Crippen LogP contribution in [0.5, 0.6) is 23.0 Å². The third-order valence-corrected chi connectivity index (χ3v) is 15.3. The molecule has 0 bridgehead atoms. The van der Waals surface area contributed by atoms with Gasteiger partial charge in [0.05, 0.1) is 11.1 Å². The first-order valence-corrected chi connectivity index (χ1v) is 24.4. The van der Waals surface area contributed by atoms with E-state index in [2.05, 4.69) is 76.2 Å². The molecule has 8 heteroatoms. The van der Waals surface area contributed by atoms with E-state index in [1.807, 2.05) is 109 Å². The number of carbonyl (C=O) groups is 2. The second-order valence-corrected chi connectivity index (χ2v) is 20.0. The monoisotopic (exact) mass is 906 g/mol. The number of para-hydroxylation sites is 2. The fraction of sp³-hybridized carbons (Fsp3) is 0.129. The van der Waals surface area contributed by atoms with Crippen molar-refractivity contribution in [3.05, 3.63) is 191 Å². The molecule has 4 aliphatic rings. The van der Waals surface area contributed by atoms with Gasteiger partial charge < -0.3 is 18.9 Å². The Kier molecular flexibility index (Phi) is 8.89. The van der Waals surface area contributed by atoms with Gasteiger partial charge in [0.25, 0.3) is 13.4 Å². The molecular formula is C62H44B2O6. The maximum Gasteiger partial charge on any atom is 0.338 e. The smallest absolute Gasteiger partial charge is 0.338 e. The summed E-state index contributed by atoms with van der Waals surface area (Å²) < 4.78 is 25.7. The quantitative estimate of drug-likeness (QED) is 0.0859. The molecule has 4 heterocycles. The number of hydrogen-bond acceptors (Lipinski definition) is 6. The molecule has 0 atom stereocenters. The number of benzene rings is 10. The summed E-state index contributed by atoms with van der Waals surface area (Å²) >= 11 is 0. The van der Waals surface area contributed by atoms with Gasteiger partial charge in [0.15, 0.2) is 0 Å². The summed E-state index contributed by atoms with van der Waals surface area (Å²) in [5.41, 5.74) is 16.2. The zero-order valence-electron chi connectivity index (χ0n) is 39.2. The maximum absolute atomic E-state index is 14.2. The molecule has 0 saturated carbocycles. The van der Waals surface area contributed by atoms with E-state index < -0.39 is 11.9 Å². The summed E-state index contributed by atoms with van der Waals surface area (Å²) in [7, 11) is 0. The molecule has 10 aromatic rings. The number of ether oxygens (including phenoxy) is 4. The molecule has 10 aromatic carbocycles. The molecule has 334 valence electrons. The lowest BCUT2D eigenvalue weighted by Gasteiger charge is -2.38. The minimum Gasteiger partial charge on any atom is -0.458 e. The van der Waals surface area contributed by atoms with Gasteiger partial charge in [-0.1, -0.05) is 148 Å². The van der Waals surface area contributed by atoms with Crippen LogP contribution < -0.4 is 42.3 Å². The molecule has 0 amide bonds. The van der Waals surface area contributed by atoms with Gasteiger partial charge in [-0.2, -0.15) is 0 Å². The van der Waals surface area contributed by atoms with E-state index in [-0.39, 0.29) is 38.5 Å².